The van der Waals surface area contributed by atoms with Crippen LogP contribution < -0.4 is 14.2 Å². The first-order valence-electron chi connectivity index (χ1n) is 9.44. The fourth-order valence-corrected chi connectivity index (χ4v) is 2.79. The Hall–Kier alpha value is -2.95. The molecule has 0 N–H and O–H groups in total. The van der Waals surface area contributed by atoms with E-state index >= 15 is 0 Å². The molecule has 0 aromatic heterocycles. The quantitative estimate of drug-likeness (QED) is 0.487. The van der Waals surface area contributed by atoms with Crippen molar-refractivity contribution in [3.63, 3.8) is 0 Å². The highest BCUT2D eigenvalue weighted by atomic mass is 16.5. The van der Waals surface area contributed by atoms with Gasteiger partial charge in [0.15, 0.2) is 11.5 Å². The van der Waals surface area contributed by atoms with E-state index in [1.165, 1.54) is 21.3 Å². The van der Waals surface area contributed by atoms with Gasteiger partial charge in [-0.2, -0.15) is 5.26 Å². The topological polar surface area (TPSA) is 104 Å². The zero-order chi connectivity index (χ0) is 21.9. The molecular weight excluding hydrogens is 378 g/mol. The van der Waals surface area contributed by atoms with Crippen LogP contribution in [0.3, 0.4) is 0 Å². The molecule has 1 aromatic carbocycles. The van der Waals surface area contributed by atoms with E-state index in [1.54, 1.807) is 12.1 Å². The highest BCUT2D eigenvalue weighted by molar-refractivity contribution is 5.78. The first kappa shape index (κ1) is 24.1. The summed E-state index contributed by atoms with van der Waals surface area (Å²) >= 11 is 0. The van der Waals surface area contributed by atoms with Gasteiger partial charge in [-0.05, 0) is 30.5 Å². The van der Waals surface area contributed by atoms with Gasteiger partial charge in [0.25, 0.3) is 0 Å². The summed E-state index contributed by atoms with van der Waals surface area (Å²) in [6.45, 7) is 4.20. The van der Waals surface area contributed by atoms with Crippen LogP contribution in [0.1, 0.15) is 45.1 Å². The van der Waals surface area contributed by atoms with Crippen LogP contribution in [-0.2, 0) is 24.5 Å². The fraction of sp³-hybridized carbons (Fsp3) is 0.571. The van der Waals surface area contributed by atoms with Gasteiger partial charge in [0.1, 0.15) is 5.41 Å². The van der Waals surface area contributed by atoms with Gasteiger partial charge in [-0.25, -0.2) is 0 Å². The number of hydrogen-bond donors (Lipinski definition) is 0. The summed E-state index contributed by atoms with van der Waals surface area (Å²) in [6, 6.07) is 5.25. The standard InChI is InChI=1S/C21H29NO7/c1-6-8-28-18(23)12-21(14-22,13-19(24)29-9-7-2)15-10-16(25-3)20(27-5)17(11-15)26-4/h10-11H,6-9,12-13H2,1-5H3. The first-order valence-corrected chi connectivity index (χ1v) is 9.44. The zero-order valence-electron chi connectivity index (χ0n) is 17.7. The summed E-state index contributed by atoms with van der Waals surface area (Å²) in [7, 11) is 4.35. The largest absolute Gasteiger partial charge is 0.493 e. The second kappa shape index (κ2) is 11.8. The van der Waals surface area contributed by atoms with Gasteiger partial charge >= 0.3 is 11.9 Å². The Morgan fingerprint density at radius 1 is 0.897 bits per heavy atom. The molecule has 0 heterocycles. The molecule has 0 aliphatic heterocycles. The molecule has 8 nitrogen and oxygen atoms in total. The van der Waals surface area contributed by atoms with Gasteiger partial charge in [-0.3, -0.25) is 9.59 Å². The SMILES string of the molecule is CCCOC(=O)CC(C#N)(CC(=O)OCCC)c1cc(OC)c(OC)c(OC)c1. The summed E-state index contributed by atoms with van der Waals surface area (Å²) in [5, 5.41) is 10.1. The van der Waals surface area contributed by atoms with Gasteiger partial charge in [-0.1, -0.05) is 13.8 Å². The van der Waals surface area contributed by atoms with E-state index < -0.39 is 17.4 Å². The number of carbonyl (C=O) groups is 2. The van der Waals surface area contributed by atoms with E-state index in [2.05, 4.69) is 6.07 Å². The number of nitrogens with zero attached hydrogens (tertiary/aromatic N) is 1. The zero-order valence-corrected chi connectivity index (χ0v) is 17.7. The number of carbonyl (C=O) groups excluding carboxylic acids is 2. The Labute approximate surface area is 171 Å². The second-order valence-electron chi connectivity index (χ2n) is 6.40. The first-order chi connectivity index (χ1) is 13.9. The van der Waals surface area contributed by atoms with Crippen LogP contribution >= 0.6 is 0 Å². The molecule has 29 heavy (non-hydrogen) atoms. The lowest BCUT2D eigenvalue weighted by Gasteiger charge is -2.27. The normalized spacial score (nSPS) is 10.6. The average Bonchev–Trinajstić information content (AvgIpc) is 2.74. The predicted molar refractivity (Wildman–Crippen MR) is 105 cm³/mol. The minimum Gasteiger partial charge on any atom is -0.493 e. The van der Waals surface area contributed by atoms with E-state index in [0.717, 1.165) is 0 Å². The van der Waals surface area contributed by atoms with Crippen molar-refractivity contribution >= 4 is 11.9 Å². The van der Waals surface area contributed by atoms with Gasteiger partial charge in [0.2, 0.25) is 5.75 Å². The van der Waals surface area contributed by atoms with Crippen molar-refractivity contribution in [2.45, 2.75) is 44.9 Å². The molecule has 0 radical (unpaired) electrons. The number of esters is 2. The van der Waals surface area contributed by atoms with Crippen LogP contribution in [0.2, 0.25) is 0 Å². The van der Waals surface area contributed by atoms with Crippen molar-refractivity contribution in [1.29, 1.82) is 5.26 Å². The number of nitriles is 1. The predicted octanol–water partition coefficient (Wildman–Crippen LogP) is 3.16. The Morgan fingerprint density at radius 2 is 1.34 bits per heavy atom. The molecular formula is C21H29NO7. The Kier molecular flexibility index (Phi) is 9.80. The summed E-state index contributed by atoms with van der Waals surface area (Å²) in [6.07, 6.45) is 0.661. The van der Waals surface area contributed by atoms with Gasteiger partial charge in [0, 0.05) is 0 Å². The van der Waals surface area contributed by atoms with Crippen LogP contribution in [0.25, 0.3) is 0 Å². The van der Waals surface area contributed by atoms with E-state index in [9.17, 15) is 14.9 Å². The fourth-order valence-electron chi connectivity index (χ4n) is 2.79. The molecule has 0 fully saturated rings. The Balaban J connectivity index is 3.47. The molecule has 1 rings (SSSR count). The van der Waals surface area contributed by atoms with Crippen LogP contribution in [0.15, 0.2) is 12.1 Å². The smallest absolute Gasteiger partial charge is 0.307 e. The van der Waals surface area contributed by atoms with Gasteiger partial charge in [0.05, 0.1) is 53.5 Å². The molecule has 0 unspecified atom stereocenters. The molecule has 0 atom stereocenters. The van der Waals surface area contributed by atoms with Crippen molar-refractivity contribution in [1.82, 2.24) is 0 Å². The molecule has 0 spiro atoms. The van der Waals surface area contributed by atoms with Crippen molar-refractivity contribution in [2.24, 2.45) is 0 Å². The molecule has 1 aromatic rings. The molecule has 0 saturated carbocycles. The third-order valence-corrected chi connectivity index (χ3v) is 4.26. The lowest BCUT2D eigenvalue weighted by molar-refractivity contribution is -0.147. The molecule has 0 aliphatic rings. The number of methoxy groups -OCH3 is 3. The van der Waals surface area contributed by atoms with Gasteiger partial charge < -0.3 is 23.7 Å². The third-order valence-electron chi connectivity index (χ3n) is 4.26. The lowest BCUT2D eigenvalue weighted by Crippen LogP contribution is -2.32. The van der Waals surface area contributed by atoms with E-state index in [4.69, 9.17) is 23.7 Å². The molecule has 8 heteroatoms. The summed E-state index contributed by atoms with van der Waals surface area (Å²) in [4.78, 5) is 24.7. The highest BCUT2D eigenvalue weighted by Gasteiger charge is 2.40. The van der Waals surface area contributed by atoms with Crippen LogP contribution in [0.5, 0.6) is 17.2 Å². The van der Waals surface area contributed by atoms with E-state index in [0.29, 0.717) is 35.7 Å². The van der Waals surface area contributed by atoms with Crippen LogP contribution in [0.4, 0.5) is 0 Å². The summed E-state index contributed by atoms with van der Waals surface area (Å²) in [5.74, 6) is -0.195. The highest BCUT2D eigenvalue weighted by Crippen LogP contribution is 2.43. The monoisotopic (exact) mass is 407 g/mol. The van der Waals surface area contributed by atoms with E-state index in [1.807, 2.05) is 13.8 Å². The molecule has 0 amide bonds. The van der Waals surface area contributed by atoms with Crippen molar-refractivity contribution in [3.05, 3.63) is 17.7 Å². The third kappa shape index (κ3) is 6.28. The maximum atomic E-state index is 12.4. The maximum Gasteiger partial charge on any atom is 0.307 e. The summed E-state index contributed by atoms with van der Waals surface area (Å²) < 4.78 is 26.3. The van der Waals surface area contributed by atoms with E-state index in [-0.39, 0.29) is 26.1 Å². The Bertz CT molecular complexity index is 692. The maximum absolute atomic E-state index is 12.4. The second-order valence-corrected chi connectivity index (χ2v) is 6.40. The van der Waals surface area contributed by atoms with Gasteiger partial charge in [-0.15, -0.1) is 0 Å². The minimum atomic E-state index is -1.51. The van der Waals surface area contributed by atoms with Crippen LogP contribution in [-0.4, -0.2) is 46.5 Å². The number of ether oxygens (including phenoxy) is 5. The van der Waals surface area contributed by atoms with Crippen molar-refractivity contribution < 1.29 is 33.3 Å². The molecule has 0 bridgehead atoms. The minimum absolute atomic E-state index is 0.232. The molecule has 160 valence electrons. The summed E-state index contributed by atoms with van der Waals surface area (Å²) in [5.41, 5.74) is -1.14. The molecule has 0 aliphatic carbocycles. The van der Waals surface area contributed by atoms with Crippen LogP contribution in [0, 0.1) is 11.3 Å². The lowest BCUT2D eigenvalue weighted by atomic mass is 9.76. The number of rotatable bonds is 12. The Morgan fingerprint density at radius 3 is 1.66 bits per heavy atom. The van der Waals surface area contributed by atoms with Crippen molar-refractivity contribution in [2.75, 3.05) is 34.5 Å². The van der Waals surface area contributed by atoms with Crippen molar-refractivity contribution in [3.8, 4) is 23.3 Å². The number of benzene rings is 1. The average molecular weight is 407 g/mol. The molecule has 0 saturated heterocycles. The number of hydrogen-bond acceptors (Lipinski definition) is 8.